The summed E-state index contributed by atoms with van der Waals surface area (Å²) in [5.41, 5.74) is 0.529. The third kappa shape index (κ3) is 0.800. The molecular weight excluding hydrogens is 122 g/mol. The van der Waals surface area contributed by atoms with Gasteiger partial charge >= 0.3 is 0 Å². The summed E-state index contributed by atoms with van der Waals surface area (Å²) >= 11 is 0. The van der Waals surface area contributed by atoms with Gasteiger partial charge in [0.25, 0.3) is 0 Å². The molecular formula is C9H17N. The quantitative estimate of drug-likeness (QED) is 0.496. The first-order valence-electron chi connectivity index (χ1n) is 4.47. The van der Waals surface area contributed by atoms with Gasteiger partial charge in [0.1, 0.15) is 0 Å². The van der Waals surface area contributed by atoms with Gasteiger partial charge in [0.15, 0.2) is 0 Å². The van der Waals surface area contributed by atoms with Gasteiger partial charge in [-0.05, 0) is 33.1 Å². The number of piperidine rings is 1. The van der Waals surface area contributed by atoms with Crippen molar-refractivity contribution in [3.8, 4) is 0 Å². The van der Waals surface area contributed by atoms with E-state index < -0.39 is 0 Å². The van der Waals surface area contributed by atoms with Gasteiger partial charge in [0, 0.05) is 18.1 Å². The van der Waals surface area contributed by atoms with Gasteiger partial charge in [-0.1, -0.05) is 6.42 Å². The Morgan fingerprint density at radius 2 is 2.10 bits per heavy atom. The summed E-state index contributed by atoms with van der Waals surface area (Å²) in [5, 5.41) is 0. The van der Waals surface area contributed by atoms with Gasteiger partial charge in [0.2, 0.25) is 0 Å². The molecule has 2 aliphatic rings. The molecule has 0 N–H and O–H groups in total. The van der Waals surface area contributed by atoms with Crippen LogP contribution >= 0.6 is 0 Å². The minimum atomic E-state index is 0.529. The van der Waals surface area contributed by atoms with Crippen molar-refractivity contribution in [2.24, 2.45) is 0 Å². The molecule has 2 heterocycles. The third-order valence-corrected chi connectivity index (χ3v) is 3.25. The Balaban J connectivity index is 2.08. The van der Waals surface area contributed by atoms with E-state index in [1.54, 1.807) is 0 Å². The Bertz CT molecular complexity index is 140. The van der Waals surface area contributed by atoms with Crippen LogP contribution in [0.2, 0.25) is 0 Å². The maximum atomic E-state index is 2.68. The lowest BCUT2D eigenvalue weighted by atomic mass is 9.80. The maximum Gasteiger partial charge on any atom is 0.0156 e. The summed E-state index contributed by atoms with van der Waals surface area (Å²) in [6.45, 7) is 6.13. The largest absolute Gasteiger partial charge is 0.295 e. The second kappa shape index (κ2) is 1.97. The summed E-state index contributed by atoms with van der Waals surface area (Å²) in [6.07, 6.45) is 5.78. The second-order valence-electron chi connectivity index (χ2n) is 4.34. The van der Waals surface area contributed by atoms with Crippen molar-refractivity contribution in [3.63, 3.8) is 0 Å². The highest BCUT2D eigenvalue weighted by Crippen LogP contribution is 2.38. The number of fused-ring (bicyclic) bond motifs is 1. The van der Waals surface area contributed by atoms with Crippen molar-refractivity contribution in [2.75, 3.05) is 6.54 Å². The molecule has 1 unspecified atom stereocenters. The Kier molecular flexibility index (Phi) is 1.31. The molecule has 0 aromatic carbocycles. The zero-order chi connectivity index (χ0) is 7.19. The minimum Gasteiger partial charge on any atom is -0.295 e. The normalized spacial score (nSPS) is 38.4. The predicted molar refractivity (Wildman–Crippen MR) is 43.0 cm³/mol. The third-order valence-electron chi connectivity index (χ3n) is 3.25. The summed E-state index contributed by atoms with van der Waals surface area (Å²) < 4.78 is 0. The zero-order valence-electron chi connectivity index (χ0n) is 7.06. The fourth-order valence-corrected chi connectivity index (χ4v) is 2.45. The fraction of sp³-hybridized carbons (Fsp3) is 1.00. The van der Waals surface area contributed by atoms with Crippen LogP contribution in [-0.4, -0.2) is 23.0 Å². The van der Waals surface area contributed by atoms with Gasteiger partial charge < -0.3 is 0 Å². The highest BCUT2D eigenvalue weighted by molar-refractivity contribution is 4.97. The lowest BCUT2D eigenvalue weighted by molar-refractivity contribution is -0.0455. The van der Waals surface area contributed by atoms with E-state index in [1.165, 1.54) is 32.2 Å². The van der Waals surface area contributed by atoms with E-state index in [4.69, 9.17) is 0 Å². The maximum absolute atomic E-state index is 2.68. The minimum absolute atomic E-state index is 0.529. The van der Waals surface area contributed by atoms with Crippen LogP contribution in [0.5, 0.6) is 0 Å². The highest BCUT2D eigenvalue weighted by atomic mass is 15.3. The number of nitrogens with zero attached hydrogens (tertiary/aromatic N) is 1. The van der Waals surface area contributed by atoms with E-state index in [-0.39, 0.29) is 0 Å². The van der Waals surface area contributed by atoms with Gasteiger partial charge in [-0.3, -0.25) is 4.90 Å². The van der Waals surface area contributed by atoms with Gasteiger partial charge in [0.05, 0.1) is 0 Å². The van der Waals surface area contributed by atoms with Crippen molar-refractivity contribution in [1.29, 1.82) is 0 Å². The van der Waals surface area contributed by atoms with Crippen LogP contribution < -0.4 is 0 Å². The van der Waals surface area contributed by atoms with Gasteiger partial charge in [-0.25, -0.2) is 0 Å². The average molecular weight is 139 g/mol. The predicted octanol–water partition coefficient (Wildman–Crippen LogP) is 2.02. The second-order valence-corrected chi connectivity index (χ2v) is 4.34. The number of hydrogen-bond donors (Lipinski definition) is 0. The van der Waals surface area contributed by atoms with Crippen molar-refractivity contribution in [3.05, 3.63) is 0 Å². The Morgan fingerprint density at radius 3 is 2.50 bits per heavy atom. The molecule has 0 aromatic heterocycles. The molecule has 2 fully saturated rings. The first-order chi connectivity index (χ1) is 4.70. The molecule has 1 atom stereocenters. The molecule has 0 saturated carbocycles. The standard InChI is InChI=1S/C9H17N/c1-9(2)6-3-4-8-5-7-10(8)9/h8H,3-7H2,1-2H3. The highest BCUT2D eigenvalue weighted by Gasteiger charge is 2.41. The van der Waals surface area contributed by atoms with E-state index in [0.717, 1.165) is 6.04 Å². The topological polar surface area (TPSA) is 3.24 Å². The molecule has 10 heavy (non-hydrogen) atoms. The first kappa shape index (κ1) is 6.66. The lowest BCUT2D eigenvalue weighted by Crippen LogP contribution is -2.60. The summed E-state index contributed by atoms with van der Waals surface area (Å²) in [4.78, 5) is 2.68. The molecule has 2 rings (SSSR count). The van der Waals surface area contributed by atoms with Crippen molar-refractivity contribution in [2.45, 2.75) is 51.1 Å². The summed E-state index contributed by atoms with van der Waals surface area (Å²) in [5.74, 6) is 0. The molecule has 0 radical (unpaired) electrons. The van der Waals surface area contributed by atoms with Crippen molar-refractivity contribution < 1.29 is 0 Å². The molecule has 0 spiro atoms. The lowest BCUT2D eigenvalue weighted by Gasteiger charge is -2.54. The molecule has 0 aromatic rings. The average Bonchev–Trinajstić information content (AvgIpc) is 1.73. The van der Waals surface area contributed by atoms with E-state index >= 15 is 0 Å². The van der Waals surface area contributed by atoms with Gasteiger partial charge in [-0.2, -0.15) is 0 Å². The van der Waals surface area contributed by atoms with E-state index in [9.17, 15) is 0 Å². The zero-order valence-corrected chi connectivity index (χ0v) is 7.06. The van der Waals surface area contributed by atoms with E-state index in [0.29, 0.717) is 5.54 Å². The summed E-state index contributed by atoms with van der Waals surface area (Å²) in [7, 11) is 0. The Morgan fingerprint density at radius 1 is 1.30 bits per heavy atom. The van der Waals surface area contributed by atoms with Crippen LogP contribution in [0.1, 0.15) is 39.5 Å². The van der Waals surface area contributed by atoms with Crippen LogP contribution in [0.15, 0.2) is 0 Å². The molecule has 2 saturated heterocycles. The van der Waals surface area contributed by atoms with Crippen molar-refractivity contribution >= 4 is 0 Å². The molecule has 2 aliphatic heterocycles. The molecule has 0 bridgehead atoms. The van der Waals surface area contributed by atoms with E-state index in [2.05, 4.69) is 18.7 Å². The van der Waals surface area contributed by atoms with Crippen LogP contribution in [0.4, 0.5) is 0 Å². The van der Waals surface area contributed by atoms with Crippen LogP contribution in [0.3, 0.4) is 0 Å². The fourth-order valence-electron chi connectivity index (χ4n) is 2.45. The molecule has 1 heteroatoms. The summed E-state index contributed by atoms with van der Waals surface area (Å²) in [6, 6.07) is 0.962. The smallest absolute Gasteiger partial charge is 0.0156 e. The molecule has 58 valence electrons. The van der Waals surface area contributed by atoms with Gasteiger partial charge in [-0.15, -0.1) is 0 Å². The number of hydrogen-bond acceptors (Lipinski definition) is 1. The van der Waals surface area contributed by atoms with E-state index in [1.807, 2.05) is 0 Å². The Labute approximate surface area is 63.4 Å². The molecule has 0 amide bonds. The molecule has 1 nitrogen and oxygen atoms in total. The monoisotopic (exact) mass is 139 g/mol. The van der Waals surface area contributed by atoms with Crippen LogP contribution in [-0.2, 0) is 0 Å². The SMILES string of the molecule is CC1(C)CCCC2CCN21. The van der Waals surface area contributed by atoms with Crippen molar-refractivity contribution in [1.82, 2.24) is 4.90 Å². The Hall–Kier alpha value is -0.0400. The number of rotatable bonds is 0. The van der Waals surface area contributed by atoms with Crippen LogP contribution in [0, 0.1) is 0 Å². The molecule has 0 aliphatic carbocycles. The van der Waals surface area contributed by atoms with Crippen LogP contribution in [0.25, 0.3) is 0 Å². The first-order valence-corrected chi connectivity index (χ1v) is 4.47.